The van der Waals surface area contributed by atoms with Crippen LogP contribution in [-0.4, -0.2) is 21.0 Å². The number of rotatable bonds is 5. The fourth-order valence-corrected chi connectivity index (χ4v) is 3.44. The van der Waals surface area contributed by atoms with Crippen LogP contribution in [0.4, 0.5) is 11.5 Å². The van der Waals surface area contributed by atoms with Gasteiger partial charge in [0.05, 0.1) is 10.6 Å². The summed E-state index contributed by atoms with van der Waals surface area (Å²) in [5.74, 6) is 0.311. The van der Waals surface area contributed by atoms with Crippen molar-refractivity contribution < 1.29 is 9.90 Å². The van der Waals surface area contributed by atoms with Crippen LogP contribution in [0.5, 0.6) is 0 Å². The Labute approximate surface area is 154 Å². The van der Waals surface area contributed by atoms with Crippen LogP contribution >= 0.6 is 22.9 Å². The standard InChI is InChI=1S/C18H16ClN3O2S/c1-3-13-10(2)20-16(11-6-7-25-9-11)22-17(13)21-12-4-5-14(18(23)24)15(19)8-12/h4-9H,3H2,1-2H3,(H,23,24)(H,20,21,22). The third-order valence-corrected chi connectivity index (χ3v) is 4.80. The second-order valence-electron chi connectivity index (χ2n) is 5.45. The van der Waals surface area contributed by atoms with E-state index >= 15 is 0 Å². The monoisotopic (exact) mass is 373 g/mol. The summed E-state index contributed by atoms with van der Waals surface area (Å²) < 4.78 is 0. The van der Waals surface area contributed by atoms with Crippen LogP contribution in [0, 0.1) is 6.92 Å². The fraction of sp³-hybridized carbons (Fsp3) is 0.167. The zero-order chi connectivity index (χ0) is 18.0. The van der Waals surface area contributed by atoms with Gasteiger partial charge >= 0.3 is 5.97 Å². The molecule has 0 bridgehead atoms. The quantitative estimate of drug-likeness (QED) is 0.645. The first-order valence-corrected chi connectivity index (χ1v) is 9.01. The summed E-state index contributed by atoms with van der Waals surface area (Å²) >= 11 is 7.65. The molecule has 0 spiro atoms. The number of hydrogen-bond donors (Lipinski definition) is 2. The Balaban J connectivity index is 2.01. The molecule has 2 N–H and O–H groups in total. The number of carbonyl (C=O) groups is 1. The Kier molecular flexibility index (Phi) is 5.01. The van der Waals surface area contributed by atoms with Gasteiger partial charge in [-0.2, -0.15) is 11.3 Å². The first-order chi connectivity index (χ1) is 12.0. The van der Waals surface area contributed by atoms with Crippen molar-refractivity contribution in [1.29, 1.82) is 0 Å². The van der Waals surface area contributed by atoms with Gasteiger partial charge in [-0.3, -0.25) is 0 Å². The molecule has 0 atom stereocenters. The molecule has 0 amide bonds. The Morgan fingerprint density at radius 2 is 2.12 bits per heavy atom. The minimum atomic E-state index is -1.05. The van der Waals surface area contributed by atoms with Crippen molar-refractivity contribution in [1.82, 2.24) is 9.97 Å². The number of anilines is 2. The molecule has 0 saturated carbocycles. The fourth-order valence-electron chi connectivity index (χ4n) is 2.55. The number of halogens is 1. The van der Waals surface area contributed by atoms with Gasteiger partial charge in [-0.1, -0.05) is 18.5 Å². The van der Waals surface area contributed by atoms with E-state index in [1.807, 2.05) is 30.7 Å². The smallest absolute Gasteiger partial charge is 0.337 e. The summed E-state index contributed by atoms with van der Waals surface area (Å²) in [4.78, 5) is 20.3. The van der Waals surface area contributed by atoms with Gasteiger partial charge in [0.15, 0.2) is 5.82 Å². The van der Waals surface area contributed by atoms with E-state index in [0.717, 1.165) is 23.2 Å². The van der Waals surface area contributed by atoms with E-state index in [9.17, 15) is 4.79 Å². The summed E-state index contributed by atoms with van der Waals surface area (Å²) in [6.07, 6.45) is 0.777. The molecule has 25 heavy (non-hydrogen) atoms. The first kappa shape index (κ1) is 17.4. The maximum absolute atomic E-state index is 11.1. The van der Waals surface area contributed by atoms with Crippen LogP contribution in [0.1, 0.15) is 28.5 Å². The van der Waals surface area contributed by atoms with E-state index in [2.05, 4.69) is 15.3 Å². The van der Waals surface area contributed by atoms with Gasteiger partial charge in [-0.15, -0.1) is 0 Å². The number of aryl methyl sites for hydroxylation is 1. The molecule has 2 aromatic heterocycles. The third-order valence-electron chi connectivity index (χ3n) is 3.81. The van der Waals surface area contributed by atoms with Gasteiger partial charge in [0, 0.05) is 27.9 Å². The van der Waals surface area contributed by atoms with Crippen LogP contribution in [0.2, 0.25) is 5.02 Å². The number of thiophene rings is 1. The topological polar surface area (TPSA) is 75.1 Å². The average molecular weight is 374 g/mol. The van der Waals surface area contributed by atoms with E-state index in [1.165, 1.54) is 6.07 Å². The van der Waals surface area contributed by atoms with Crippen LogP contribution in [-0.2, 0) is 6.42 Å². The minimum Gasteiger partial charge on any atom is -0.478 e. The highest BCUT2D eigenvalue weighted by molar-refractivity contribution is 7.08. The van der Waals surface area contributed by atoms with Crippen LogP contribution < -0.4 is 5.32 Å². The number of aromatic carboxylic acids is 1. The summed E-state index contributed by atoms with van der Waals surface area (Å²) in [7, 11) is 0. The summed E-state index contributed by atoms with van der Waals surface area (Å²) in [6.45, 7) is 4.00. The van der Waals surface area contributed by atoms with Gasteiger partial charge in [-0.25, -0.2) is 14.8 Å². The van der Waals surface area contributed by atoms with E-state index < -0.39 is 5.97 Å². The predicted molar refractivity (Wildman–Crippen MR) is 101 cm³/mol. The van der Waals surface area contributed by atoms with Crippen LogP contribution in [0.3, 0.4) is 0 Å². The SMILES string of the molecule is CCc1c(C)nc(-c2ccsc2)nc1Nc1ccc(C(=O)O)c(Cl)c1. The highest BCUT2D eigenvalue weighted by Gasteiger charge is 2.14. The number of carboxylic acids is 1. The highest BCUT2D eigenvalue weighted by Crippen LogP contribution is 2.28. The van der Waals surface area contributed by atoms with Crippen molar-refractivity contribution in [3.63, 3.8) is 0 Å². The van der Waals surface area contributed by atoms with Gasteiger partial charge in [0.2, 0.25) is 0 Å². The maximum Gasteiger partial charge on any atom is 0.337 e. The lowest BCUT2D eigenvalue weighted by atomic mass is 10.1. The number of nitrogens with one attached hydrogen (secondary N) is 1. The van der Waals surface area contributed by atoms with Crippen LogP contribution in [0.15, 0.2) is 35.0 Å². The number of nitrogens with zero attached hydrogens (tertiary/aromatic N) is 2. The lowest BCUT2D eigenvalue weighted by Crippen LogP contribution is -2.05. The molecule has 1 aromatic carbocycles. The average Bonchev–Trinajstić information content (AvgIpc) is 3.08. The Morgan fingerprint density at radius 3 is 2.72 bits per heavy atom. The van der Waals surface area contributed by atoms with Gasteiger partial charge in [-0.05, 0) is 43.0 Å². The first-order valence-electron chi connectivity index (χ1n) is 7.69. The van der Waals surface area contributed by atoms with Crippen LogP contribution in [0.25, 0.3) is 11.4 Å². The second kappa shape index (κ2) is 7.21. The Bertz CT molecular complexity index is 926. The van der Waals surface area contributed by atoms with E-state index in [-0.39, 0.29) is 10.6 Å². The zero-order valence-corrected chi connectivity index (χ0v) is 15.3. The molecule has 5 nitrogen and oxygen atoms in total. The minimum absolute atomic E-state index is 0.0701. The van der Waals surface area contributed by atoms with E-state index in [4.69, 9.17) is 16.7 Å². The number of carboxylic acid groups (broad SMARTS) is 1. The van der Waals surface area contributed by atoms with Crippen molar-refractivity contribution in [3.05, 3.63) is 56.9 Å². The van der Waals surface area contributed by atoms with Gasteiger partial charge < -0.3 is 10.4 Å². The summed E-state index contributed by atoms with van der Waals surface area (Å²) in [5, 5.41) is 16.5. The van der Waals surface area contributed by atoms with Gasteiger partial charge in [0.1, 0.15) is 5.82 Å². The number of benzene rings is 1. The molecule has 0 aliphatic heterocycles. The summed E-state index contributed by atoms with van der Waals surface area (Å²) in [5.41, 5.74) is 3.64. The van der Waals surface area contributed by atoms with E-state index in [0.29, 0.717) is 17.3 Å². The molecule has 2 heterocycles. The molecule has 0 saturated heterocycles. The second-order valence-corrected chi connectivity index (χ2v) is 6.64. The summed E-state index contributed by atoms with van der Waals surface area (Å²) in [6, 6.07) is 6.72. The van der Waals surface area contributed by atoms with Crippen molar-refractivity contribution in [2.75, 3.05) is 5.32 Å². The normalized spacial score (nSPS) is 10.7. The molecule has 0 aliphatic carbocycles. The highest BCUT2D eigenvalue weighted by atomic mass is 35.5. The predicted octanol–water partition coefficient (Wildman–Crippen LogP) is 5.17. The van der Waals surface area contributed by atoms with E-state index in [1.54, 1.807) is 23.5 Å². The van der Waals surface area contributed by atoms with Crippen molar-refractivity contribution >= 4 is 40.4 Å². The molecule has 0 aliphatic rings. The number of aromatic nitrogens is 2. The largest absolute Gasteiger partial charge is 0.478 e. The molecule has 3 rings (SSSR count). The molecular formula is C18H16ClN3O2S. The molecular weight excluding hydrogens is 358 g/mol. The zero-order valence-electron chi connectivity index (χ0n) is 13.7. The Morgan fingerprint density at radius 1 is 1.32 bits per heavy atom. The van der Waals surface area contributed by atoms with Crippen molar-refractivity contribution in [2.24, 2.45) is 0 Å². The molecule has 3 aromatic rings. The number of hydrogen-bond acceptors (Lipinski definition) is 5. The lowest BCUT2D eigenvalue weighted by molar-refractivity contribution is 0.0697. The third kappa shape index (κ3) is 3.65. The molecule has 7 heteroatoms. The molecule has 0 unspecified atom stereocenters. The van der Waals surface area contributed by atoms with Crippen molar-refractivity contribution in [2.45, 2.75) is 20.3 Å². The molecule has 128 valence electrons. The van der Waals surface area contributed by atoms with Gasteiger partial charge in [0.25, 0.3) is 0 Å². The maximum atomic E-state index is 11.1. The lowest BCUT2D eigenvalue weighted by Gasteiger charge is -2.14. The molecule has 0 radical (unpaired) electrons. The molecule has 0 fully saturated rings. The van der Waals surface area contributed by atoms with Crippen molar-refractivity contribution in [3.8, 4) is 11.4 Å². The Hall–Kier alpha value is -2.44.